The highest BCUT2D eigenvalue weighted by Gasteiger charge is 2.59. The summed E-state index contributed by atoms with van der Waals surface area (Å²) in [5.74, 6) is 0. The van der Waals surface area contributed by atoms with Gasteiger partial charge in [-0.3, -0.25) is 0 Å². The van der Waals surface area contributed by atoms with Gasteiger partial charge in [-0.1, -0.05) is 175 Å². The topological polar surface area (TPSA) is 9.72 Å². The van der Waals surface area contributed by atoms with Crippen LogP contribution in [0.4, 0.5) is 45.5 Å². The average molecular weight is 1110 g/mol. The van der Waals surface area contributed by atoms with E-state index in [1.54, 1.807) is 0 Å². The number of rotatable bonds is 3. The Balaban J connectivity index is 1.08. The molecule has 6 aliphatic rings. The van der Waals surface area contributed by atoms with Crippen molar-refractivity contribution < 1.29 is 0 Å². The van der Waals surface area contributed by atoms with E-state index in [1.165, 1.54) is 174 Å². The Hall–Kier alpha value is -6.34. The summed E-state index contributed by atoms with van der Waals surface area (Å²) in [5, 5.41) is 5.36. The van der Waals surface area contributed by atoms with Crippen LogP contribution in [0.2, 0.25) is 0 Å². The zero-order valence-corrected chi connectivity index (χ0v) is 52.3. The summed E-state index contributed by atoms with van der Waals surface area (Å²) in [6.07, 6.45) is 9.46. The molecular formula is C76H78BN3S2. The quantitative estimate of drug-likeness (QED) is 0.163. The summed E-state index contributed by atoms with van der Waals surface area (Å²) < 4.78 is 5.35. The van der Waals surface area contributed by atoms with Gasteiger partial charge >= 0.3 is 0 Å². The first-order valence-electron chi connectivity index (χ1n) is 30.9. The molecule has 82 heavy (non-hydrogen) atoms. The van der Waals surface area contributed by atoms with Gasteiger partial charge in [0.25, 0.3) is 6.71 Å². The third-order valence-corrected chi connectivity index (χ3v) is 24.8. The van der Waals surface area contributed by atoms with Crippen LogP contribution < -0.4 is 31.1 Å². The second kappa shape index (κ2) is 16.7. The summed E-state index contributed by atoms with van der Waals surface area (Å²) in [6, 6.07) is 56.8. The van der Waals surface area contributed by atoms with Crippen molar-refractivity contribution in [1.29, 1.82) is 0 Å². The molecule has 0 spiro atoms. The minimum Gasteiger partial charge on any atom is -0.334 e. The lowest BCUT2D eigenvalue weighted by Gasteiger charge is -2.51. The van der Waals surface area contributed by atoms with E-state index < -0.39 is 0 Å². The second-order valence-electron chi connectivity index (χ2n) is 30.1. The van der Waals surface area contributed by atoms with E-state index in [-0.39, 0.29) is 44.7 Å². The van der Waals surface area contributed by atoms with Gasteiger partial charge in [0.1, 0.15) is 0 Å². The van der Waals surface area contributed by atoms with Gasteiger partial charge in [0.15, 0.2) is 0 Å². The van der Waals surface area contributed by atoms with E-state index in [0.29, 0.717) is 0 Å². The molecule has 0 N–H and O–H groups in total. The van der Waals surface area contributed by atoms with E-state index in [0.717, 1.165) is 12.8 Å². The van der Waals surface area contributed by atoms with Crippen LogP contribution in [0.3, 0.4) is 0 Å². The lowest BCUT2D eigenvalue weighted by atomic mass is 9.33. The highest BCUT2D eigenvalue weighted by atomic mass is 32.1. The fourth-order valence-electron chi connectivity index (χ4n) is 17.2. The van der Waals surface area contributed by atoms with Crippen LogP contribution in [0.1, 0.15) is 175 Å². The molecule has 6 heteroatoms. The smallest absolute Gasteiger partial charge is 0.252 e. The SMILES string of the molecule is CC(C)(C)c1ccc2c(c1)C1(C)CCCCC1(C)N2c1cc2c3c(c1)N(c1cccc4c1sc1ccccc14)c1cc4sc5ccccc5c4cc1B3c1cc3c(cc1N2c1ccc2c(c1)C(C)(C)CCC2(C)C)C(C)(C)CCC3(C)C. The zero-order chi connectivity index (χ0) is 56.6. The Morgan fingerprint density at radius 3 is 1.70 bits per heavy atom. The van der Waals surface area contributed by atoms with E-state index in [1.807, 2.05) is 22.7 Å². The number of nitrogens with zero attached hydrogens (tertiary/aromatic N) is 3. The predicted molar refractivity (Wildman–Crippen MR) is 358 cm³/mol. The van der Waals surface area contributed by atoms with Crippen LogP contribution >= 0.6 is 22.7 Å². The van der Waals surface area contributed by atoms with Crippen LogP contribution in [0.25, 0.3) is 40.3 Å². The van der Waals surface area contributed by atoms with Gasteiger partial charge in [0.05, 0.1) is 15.9 Å². The molecule has 2 aromatic heterocycles. The standard InChI is InChI=1S/C76H78BN3S2/c1-70(2,3)45-27-30-59-56(37-45)75(12)31-18-19-32-76(75,13)80(59)47-39-63-68-64(40-47)79(60-24-20-23-50-48-21-14-17-26-66(48)82-69(50)60)62-44-67-51(49-22-15-16-25-65(49)81-67)41-57(62)77(68)58-42-54-55(74(10,11)36-35-73(54,8)9)43-61(58)78(63)46-28-29-52-53(38-46)72(6,7)34-33-71(52,4)5/h14-17,20-30,37-44H,18-19,31-36H2,1-13H3. The molecule has 0 radical (unpaired) electrons. The molecule has 412 valence electrons. The lowest BCUT2D eigenvalue weighted by molar-refractivity contribution is 0.195. The van der Waals surface area contributed by atoms with Crippen molar-refractivity contribution in [3.05, 3.63) is 173 Å². The first-order chi connectivity index (χ1) is 39.0. The van der Waals surface area contributed by atoms with E-state index >= 15 is 0 Å². The monoisotopic (exact) mass is 1110 g/mol. The highest BCUT2D eigenvalue weighted by Crippen LogP contribution is 2.63. The summed E-state index contributed by atoms with van der Waals surface area (Å²) in [6.45, 7) is 32.4. The predicted octanol–water partition coefficient (Wildman–Crippen LogP) is 20.2. The van der Waals surface area contributed by atoms with Crippen molar-refractivity contribution in [3.63, 3.8) is 0 Å². The largest absolute Gasteiger partial charge is 0.334 e. The van der Waals surface area contributed by atoms with Gasteiger partial charge in [-0.25, -0.2) is 0 Å². The Labute approximate surface area is 495 Å². The summed E-state index contributed by atoms with van der Waals surface area (Å²) >= 11 is 3.90. The van der Waals surface area contributed by atoms with E-state index in [9.17, 15) is 0 Å². The summed E-state index contributed by atoms with van der Waals surface area (Å²) in [5.41, 5.74) is 23.6. The van der Waals surface area contributed by atoms with Gasteiger partial charge in [0, 0.05) is 75.5 Å². The molecule has 3 nitrogen and oxygen atoms in total. The van der Waals surface area contributed by atoms with Gasteiger partial charge in [-0.05, 0) is 188 Å². The summed E-state index contributed by atoms with van der Waals surface area (Å²) in [4.78, 5) is 8.45. The number of anilines is 8. The molecule has 5 heterocycles. The van der Waals surface area contributed by atoms with Gasteiger partial charge in [-0.2, -0.15) is 0 Å². The molecule has 2 atom stereocenters. The molecule has 16 rings (SSSR count). The minimum absolute atomic E-state index is 0.0118. The van der Waals surface area contributed by atoms with Gasteiger partial charge < -0.3 is 14.7 Å². The Morgan fingerprint density at radius 2 is 0.988 bits per heavy atom. The van der Waals surface area contributed by atoms with Crippen LogP contribution in [-0.4, -0.2) is 12.3 Å². The Kier molecular flexibility index (Phi) is 10.5. The molecule has 2 unspecified atom stereocenters. The summed E-state index contributed by atoms with van der Waals surface area (Å²) in [7, 11) is 0. The molecule has 0 saturated heterocycles. The maximum Gasteiger partial charge on any atom is 0.252 e. The number of benzene rings is 8. The van der Waals surface area contributed by atoms with Crippen LogP contribution in [0.15, 0.2) is 140 Å². The first-order valence-corrected chi connectivity index (χ1v) is 32.5. The van der Waals surface area contributed by atoms with Crippen molar-refractivity contribution in [2.45, 2.75) is 179 Å². The molecule has 1 saturated carbocycles. The van der Waals surface area contributed by atoms with Crippen LogP contribution in [0.5, 0.6) is 0 Å². The van der Waals surface area contributed by atoms with Crippen molar-refractivity contribution in [2.75, 3.05) is 14.7 Å². The Morgan fingerprint density at radius 1 is 0.402 bits per heavy atom. The second-order valence-corrected chi connectivity index (χ2v) is 32.2. The average Bonchev–Trinajstić information content (AvgIpc) is 2.22. The molecule has 8 aromatic carbocycles. The molecule has 3 aliphatic heterocycles. The van der Waals surface area contributed by atoms with Crippen molar-refractivity contribution >= 4 is 132 Å². The number of fused-ring (bicyclic) bond motifs is 15. The lowest BCUT2D eigenvalue weighted by Crippen LogP contribution is -2.62. The Bertz CT molecular complexity index is 4430. The van der Waals surface area contributed by atoms with Crippen molar-refractivity contribution in [2.24, 2.45) is 0 Å². The minimum atomic E-state index is -0.163. The van der Waals surface area contributed by atoms with Crippen LogP contribution in [-0.2, 0) is 32.5 Å². The molecule has 1 fully saturated rings. The number of thiophene rings is 2. The number of hydrogen-bond acceptors (Lipinski definition) is 5. The molecule has 10 aromatic rings. The first kappa shape index (κ1) is 51.3. The van der Waals surface area contributed by atoms with Crippen molar-refractivity contribution in [1.82, 2.24) is 0 Å². The van der Waals surface area contributed by atoms with Crippen molar-refractivity contribution in [3.8, 4) is 0 Å². The van der Waals surface area contributed by atoms with E-state index in [4.69, 9.17) is 0 Å². The molecule has 0 amide bonds. The molecular weight excluding hydrogens is 1030 g/mol. The van der Waals surface area contributed by atoms with Crippen LogP contribution in [0, 0.1) is 0 Å². The zero-order valence-electron chi connectivity index (χ0n) is 50.7. The van der Waals surface area contributed by atoms with Gasteiger partial charge in [0.2, 0.25) is 0 Å². The van der Waals surface area contributed by atoms with E-state index in [2.05, 4.69) is 244 Å². The molecule has 0 bridgehead atoms. The normalized spacial score (nSPS) is 22.5. The third kappa shape index (κ3) is 6.89. The van der Waals surface area contributed by atoms with Gasteiger partial charge in [-0.15, -0.1) is 22.7 Å². The fourth-order valence-corrected chi connectivity index (χ4v) is 19.5. The highest BCUT2D eigenvalue weighted by molar-refractivity contribution is 7.26. The maximum absolute atomic E-state index is 2.88. The maximum atomic E-state index is 2.88. The number of hydrogen-bond donors (Lipinski definition) is 0. The fraction of sp³-hybridized carbons (Fsp3) is 0.368. The molecule has 3 aliphatic carbocycles. The third-order valence-electron chi connectivity index (χ3n) is 22.5.